The van der Waals surface area contributed by atoms with Crippen LogP contribution in [0.5, 0.6) is 5.75 Å². The number of nitrogens with one attached hydrogen (secondary N) is 1. The highest BCUT2D eigenvalue weighted by atomic mass is 19.3. The number of hydrogen-bond acceptors (Lipinski definition) is 3. The lowest BCUT2D eigenvalue weighted by Crippen LogP contribution is -2.41. The van der Waals surface area contributed by atoms with Gasteiger partial charge in [-0.2, -0.15) is 0 Å². The number of halogens is 2. The number of alkyl halides is 2. The third-order valence-electron chi connectivity index (χ3n) is 3.66. The van der Waals surface area contributed by atoms with E-state index < -0.39 is 24.9 Å². The largest absolute Gasteiger partial charge is 0.496 e. The highest BCUT2D eigenvalue weighted by Crippen LogP contribution is 2.26. The molecule has 1 aromatic rings. The van der Waals surface area contributed by atoms with Crippen LogP contribution < -0.4 is 10.1 Å². The number of methoxy groups -OCH3 is 1. The highest BCUT2D eigenvalue weighted by Gasteiger charge is 2.43. The van der Waals surface area contributed by atoms with Crippen molar-refractivity contribution < 1.29 is 18.3 Å². The van der Waals surface area contributed by atoms with Gasteiger partial charge >= 0.3 is 0 Å². The third kappa shape index (κ3) is 3.69. The molecule has 1 aliphatic heterocycles. The van der Waals surface area contributed by atoms with Gasteiger partial charge in [-0.15, -0.1) is 0 Å². The first-order valence-corrected chi connectivity index (χ1v) is 6.82. The monoisotopic (exact) mass is 298 g/mol. The number of ether oxygens (including phenoxy) is 1. The molecule has 1 aromatic carbocycles. The van der Waals surface area contributed by atoms with Gasteiger partial charge in [-0.1, -0.05) is 12.1 Å². The zero-order chi connectivity index (χ0) is 15.6. The van der Waals surface area contributed by atoms with Crippen LogP contribution in [0, 0.1) is 6.92 Å². The number of rotatable bonds is 4. The fourth-order valence-electron chi connectivity index (χ4n) is 2.55. The smallest absolute Gasteiger partial charge is 0.262 e. The van der Waals surface area contributed by atoms with E-state index in [1.54, 1.807) is 14.2 Å². The molecule has 1 fully saturated rings. The lowest BCUT2D eigenvalue weighted by Gasteiger charge is -2.21. The van der Waals surface area contributed by atoms with E-state index in [9.17, 15) is 13.6 Å². The molecular weight excluding hydrogens is 278 g/mol. The minimum absolute atomic E-state index is 0.305. The van der Waals surface area contributed by atoms with Crippen LogP contribution in [0.2, 0.25) is 0 Å². The normalized spacial score (nSPS) is 20.3. The molecule has 1 atom stereocenters. The van der Waals surface area contributed by atoms with Gasteiger partial charge in [0.25, 0.3) is 5.92 Å². The molecule has 6 heteroatoms. The Morgan fingerprint density at radius 3 is 2.76 bits per heavy atom. The Morgan fingerprint density at radius 1 is 1.52 bits per heavy atom. The van der Waals surface area contributed by atoms with E-state index >= 15 is 0 Å². The molecule has 1 amide bonds. The maximum Gasteiger partial charge on any atom is 0.262 e. The fraction of sp³-hybridized carbons (Fsp3) is 0.533. The van der Waals surface area contributed by atoms with Crippen LogP contribution in [0.4, 0.5) is 8.78 Å². The van der Waals surface area contributed by atoms with Crippen molar-refractivity contribution in [1.29, 1.82) is 0 Å². The first kappa shape index (κ1) is 15.7. The minimum Gasteiger partial charge on any atom is -0.496 e. The molecular formula is C15H20F2N2O2. The Kier molecular flexibility index (Phi) is 4.46. The van der Waals surface area contributed by atoms with Crippen molar-refractivity contribution in [2.45, 2.75) is 31.9 Å². The van der Waals surface area contributed by atoms with E-state index in [-0.39, 0.29) is 5.91 Å². The number of likely N-dealkylation sites (N-methyl/N-ethyl adjacent to an activating group) is 1. The topological polar surface area (TPSA) is 41.6 Å². The van der Waals surface area contributed by atoms with Crippen LogP contribution in [-0.2, 0) is 11.3 Å². The molecule has 2 rings (SSSR count). The standard InChI is InChI=1S/C15H20F2N2O2/c1-10-6-11(4-5-13(10)21-3)8-19(2)14(20)12-7-15(16,17)9-18-12/h4-6,12,18H,7-9H2,1-3H3. The summed E-state index contributed by atoms with van der Waals surface area (Å²) in [6.07, 6.45) is -0.433. The van der Waals surface area contributed by atoms with Crippen molar-refractivity contribution in [2.24, 2.45) is 0 Å². The predicted octanol–water partition coefficient (Wildman–Crippen LogP) is 1.96. The van der Waals surface area contributed by atoms with Crippen LogP contribution in [0.25, 0.3) is 0 Å². The molecule has 0 aromatic heterocycles. The number of hydrogen-bond donors (Lipinski definition) is 1. The summed E-state index contributed by atoms with van der Waals surface area (Å²) < 4.78 is 31.5. The average Bonchev–Trinajstić information content (AvgIpc) is 2.78. The quantitative estimate of drug-likeness (QED) is 0.924. The zero-order valence-corrected chi connectivity index (χ0v) is 12.5. The molecule has 21 heavy (non-hydrogen) atoms. The van der Waals surface area contributed by atoms with Gasteiger partial charge in [-0.05, 0) is 24.1 Å². The van der Waals surface area contributed by atoms with E-state index in [2.05, 4.69) is 5.32 Å². The predicted molar refractivity (Wildman–Crippen MR) is 75.6 cm³/mol. The van der Waals surface area contributed by atoms with Crippen LogP contribution in [0.1, 0.15) is 17.5 Å². The molecule has 0 saturated carbocycles. The molecule has 0 bridgehead atoms. The highest BCUT2D eigenvalue weighted by molar-refractivity contribution is 5.82. The van der Waals surface area contributed by atoms with E-state index in [0.29, 0.717) is 6.54 Å². The Balaban J connectivity index is 1.99. The van der Waals surface area contributed by atoms with E-state index in [1.165, 1.54) is 4.90 Å². The van der Waals surface area contributed by atoms with Gasteiger partial charge in [-0.25, -0.2) is 8.78 Å². The molecule has 1 saturated heterocycles. The van der Waals surface area contributed by atoms with Crippen LogP contribution in [0.15, 0.2) is 18.2 Å². The van der Waals surface area contributed by atoms with Gasteiger partial charge in [0, 0.05) is 20.0 Å². The van der Waals surface area contributed by atoms with Crippen molar-refractivity contribution >= 4 is 5.91 Å². The Hall–Kier alpha value is -1.69. The summed E-state index contributed by atoms with van der Waals surface area (Å²) in [6, 6.07) is 4.83. The second kappa shape index (κ2) is 5.97. The number of carbonyl (C=O) groups excluding carboxylic acids is 1. The zero-order valence-electron chi connectivity index (χ0n) is 12.5. The average molecular weight is 298 g/mol. The Morgan fingerprint density at radius 2 is 2.24 bits per heavy atom. The van der Waals surface area contributed by atoms with Crippen molar-refractivity contribution in [3.63, 3.8) is 0 Å². The van der Waals surface area contributed by atoms with Gasteiger partial charge < -0.3 is 9.64 Å². The minimum atomic E-state index is -2.79. The van der Waals surface area contributed by atoms with Crippen LogP contribution in [-0.4, -0.2) is 43.5 Å². The van der Waals surface area contributed by atoms with Gasteiger partial charge in [0.2, 0.25) is 5.91 Å². The van der Waals surface area contributed by atoms with Crippen molar-refractivity contribution in [3.8, 4) is 5.75 Å². The SMILES string of the molecule is COc1ccc(CN(C)C(=O)C2CC(F)(F)CN2)cc1C. The molecule has 0 radical (unpaired) electrons. The molecule has 0 spiro atoms. The Labute approximate surface area is 123 Å². The maximum atomic E-state index is 13.1. The molecule has 1 unspecified atom stereocenters. The van der Waals surface area contributed by atoms with Crippen molar-refractivity contribution in [2.75, 3.05) is 20.7 Å². The number of benzene rings is 1. The summed E-state index contributed by atoms with van der Waals surface area (Å²) in [5, 5.41) is 2.58. The Bertz CT molecular complexity index is 534. The molecule has 1 aliphatic rings. The molecule has 0 aliphatic carbocycles. The summed E-state index contributed by atoms with van der Waals surface area (Å²) in [5.74, 6) is -2.32. The fourth-order valence-corrected chi connectivity index (χ4v) is 2.55. The van der Waals surface area contributed by atoms with E-state index in [4.69, 9.17) is 4.74 Å². The van der Waals surface area contributed by atoms with E-state index in [1.807, 2.05) is 25.1 Å². The maximum absolute atomic E-state index is 13.1. The van der Waals surface area contributed by atoms with Crippen molar-refractivity contribution in [1.82, 2.24) is 10.2 Å². The molecule has 4 nitrogen and oxygen atoms in total. The molecule has 1 heterocycles. The molecule has 116 valence electrons. The molecule has 1 N–H and O–H groups in total. The summed E-state index contributed by atoms with van der Waals surface area (Å²) in [5.41, 5.74) is 1.91. The summed E-state index contributed by atoms with van der Waals surface area (Å²) >= 11 is 0. The first-order chi connectivity index (χ1) is 9.82. The van der Waals surface area contributed by atoms with Crippen LogP contribution in [0.3, 0.4) is 0 Å². The second-order valence-corrected chi connectivity index (χ2v) is 5.49. The lowest BCUT2D eigenvalue weighted by atomic mass is 10.1. The summed E-state index contributed by atoms with van der Waals surface area (Å²) in [6.45, 7) is 1.87. The first-order valence-electron chi connectivity index (χ1n) is 6.82. The van der Waals surface area contributed by atoms with Gasteiger partial charge in [0.05, 0.1) is 19.7 Å². The lowest BCUT2D eigenvalue weighted by molar-refractivity contribution is -0.132. The summed E-state index contributed by atoms with van der Waals surface area (Å²) in [7, 11) is 3.23. The van der Waals surface area contributed by atoms with Gasteiger partial charge in [0.15, 0.2) is 0 Å². The number of aryl methyl sites for hydroxylation is 1. The number of amides is 1. The summed E-state index contributed by atoms with van der Waals surface area (Å²) in [4.78, 5) is 13.6. The number of carbonyl (C=O) groups is 1. The van der Waals surface area contributed by atoms with Crippen molar-refractivity contribution in [3.05, 3.63) is 29.3 Å². The third-order valence-corrected chi connectivity index (χ3v) is 3.66. The second-order valence-electron chi connectivity index (χ2n) is 5.49. The van der Waals surface area contributed by atoms with Crippen LogP contribution >= 0.6 is 0 Å². The van der Waals surface area contributed by atoms with Gasteiger partial charge in [0.1, 0.15) is 5.75 Å². The van der Waals surface area contributed by atoms with E-state index in [0.717, 1.165) is 16.9 Å². The van der Waals surface area contributed by atoms with Gasteiger partial charge in [-0.3, -0.25) is 10.1 Å². The number of nitrogens with zero attached hydrogens (tertiary/aromatic N) is 1.